The van der Waals surface area contributed by atoms with Crippen LogP contribution < -0.4 is 0 Å². The van der Waals surface area contributed by atoms with Crippen molar-refractivity contribution < 1.29 is 19.4 Å². The van der Waals surface area contributed by atoms with Gasteiger partial charge in [-0.15, -0.1) is 0 Å². The minimum atomic E-state index is -0.353. The van der Waals surface area contributed by atoms with Crippen LogP contribution in [0.4, 0.5) is 0 Å². The number of rotatable bonds is 6. The third-order valence-electron chi connectivity index (χ3n) is 2.63. The van der Waals surface area contributed by atoms with Crippen LogP contribution in [-0.4, -0.2) is 35.5 Å². The second-order valence-electron chi connectivity index (χ2n) is 4.22. The third-order valence-corrected chi connectivity index (χ3v) is 2.63. The van der Waals surface area contributed by atoms with Crippen molar-refractivity contribution in [2.24, 2.45) is 0 Å². The largest absolute Gasteiger partial charge is 0.508 e. The molecule has 0 unspecified atom stereocenters. The SMILES string of the molecule is CCOC(=O)CCC(=O)N(C)Cc1ccc(O)cc1. The highest BCUT2D eigenvalue weighted by molar-refractivity contribution is 5.81. The molecule has 0 atom stereocenters. The molecule has 0 saturated heterocycles. The van der Waals surface area contributed by atoms with Crippen molar-refractivity contribution in [3.05, 3.63) is 29.8 Å². The number of phenolic OH excluding ortho intramolecular Hbond substituents is 1. The molecule has 5 heteroatoms. The Morgan fingerprint density at radius 1 is 1.21 bits per heavy atom. The molecule has 1 N–H and O–H groups in total. The minimum absolute atomic E-state index is 0.104. The van der Waals surface area contributed by atoms with E-state index in [0.29, 0.717) is 13.2 Å². The molecule has 0 fully saturated rings. The summed E-state index contributed by atoms with van der Waals surface area (Å²) in [6, 6.07) is 6.66. The zero-order valence-electron chi connectivity index (χ0n) is 11.3. The average Bonchev–Trinajstić information content (AvgIpc) is 2.39. The molecule has 0 heterocycles. The van der Waals surface area contributed by atoms with Crippen molar-refractivity contribution in [3.63, 3.8) is 0 Å². The maximum absolute atomic E-state index is 11.8. The van der Waals surface area contributed by atoms with E-state index < -0.39 is 0 Å². The summed E-state index contributed by atoms with van der Waals surface area (Å²) in [5.74, 6) is -0.268. The van der Waals surface area contributed by atoms with Crippen molar-refractivity contribution in [1.29, 1.82) is 0 Å². The maximum Gasteiger partial charge on any atom is 0.306 e. The number of ether oxygens (including phenoxy) is 1. The second kappa shape index (κ2) is 7.41. The van der Waals surface area contributed by atoms with Crippen LogP contribution in [0.25, 0.3) is 0 Å². The van der Waals surface area contributed by atoms with Gasteiger partial charge in [0.05, 0.1) is 13.0 Å². The first-order valence-electron chi connectivity index (χ1n) is 6.20. The fraction of sp³-hybridized carbons (Fsp3) is 0.429. The number of carbonyl (C=O) groups excluding carboxylic acids is 2. The number of hydrogen-bond donors (Lipinski definition) is 1. The summed E-state index contributed by atoms with van der Waals surface area (Å²) >= 11 is 0. The molecule has 1 rings (SSSR count). The molecule has 1 aromatic rings. The van der Waals surface area contributed by atoms with Gasteiger partial charge in [-0.05, 0) is 24.6 Å². The van der Waals surface area contributed by atoms with E-state index in [1.54, 1.807) is 43.1 Å². The van der Waals surface area contributed by atoms with E-state index in [-0.39, 0.29) is 30.5 Å². The van der Waals surface area contributed by atoms with Crippen LogP contribution in [0.2, 0.25) is 0 Å². The van der Waals surface area contributed by atoms with E-state index in [2.05, 4.69) is 0 Å². The lowest BCUT2D eigenvalue weighted by atomic mass is 10.2. The summed E-state index contributed by atoms with van der Waals surface area (Å²) in [5, 5.41) is 9.16. The van der Waals surface area contributed by atoms with Crippen molar-refractivity contribution >= 4 is 11.9 Å². The van der Waals surface area contributed by atoms with Gasteiger partial charge in [0.1, 0.15) is 5.75 Å². The normalized spacial score (nSPS) is 10.0. The Balaban J connectivity index is 2.40. The monoisotopic (exact) mass is 265 g/mol. The van der Waals surface area contributed by atoms with Gasteiger partial charge in [0.2, 0.25) is 5.91 Å². The highest BCUT2D eigenvalue weighted by atomic mass is 16.5. The number of aromatic hydroxyl groups is 1. The molecule has 19 heavy (non-hydrogen) atoms. The lowest BCUT2D eigenvalue weighted by molar-refractivity contribution is -0.145. The second-order valence-corrected chi connectivity index (χ2v) is 4.22. The molecule has 0 bridgehead atoms. The minimum Gasteiger partial charge on any atom is -0.508 e. The molecule has 104 valence electrons. The van der Waals surface area contributed by atoms with E-state index in [9.17, 15) is 9.59 Å². The molecule has 5 nitrogen and oxygen atoms in total. The van der Waals surface area contributed by atoms with Crippen molar-refractivity contribution in [2.45, 2.75) is 26.3 Å². The first-order valence-corrected chi connectivity index (χ1v) is 6.20. The van der Waals surface area contributed by atoms with Crippen LogP contribution in [0, 0.1) is 0 Å². The molecule has 0 saturated carbocycles. The van der Waals surface area contributed by atoms with E-state index >= 15 is 0 Å². The fourth-order valence-corrected chi connectivity index (χ4v) is 1.60. The number of hydrogen-bond acceptors (Lipinski definition) is 4. The van der Waals surface area contributed by atoms with E-state index in [1.165, 1.54) is 0 Å². The molecule has 0 aliphatic rings. The highest BCUT2D eigenvalue weighted by Gasteiger charge is 2.12. The van der Waals surface area contributed by atoms with Gasteiger partial charge < -0.3 is 14.7 Å². The maximum atomic E-state index is 11.8. The molecule has 0 aliphatic heterocycles. The molecule has 0 spiro atoms. The zero-order valence-corrected chi connectivity index (χ0v) is 11.3. The van der Waals surface area contributed by atoms with Crippen LogP contribution in [0.1, 0.15) is 25.3 Å². The number of amides is 1. The number of esters is 1. The summed E-state index contributed by atoms with van der Waals surface area (Å²) < 4.78 is 4.77. The summed E-state index contributed by atoms with van der Waals surface area (Å²) in [6.07, 6.45) is 0.250. The van der Waals surface area contributed by atoms with Gasteiger partial charge in [0.15, 0.2) is 0 Å². The standard InChI is InChI=1S/C14H19NO4/c1-3-19-14(18)9-8-13(17)15(2)10-11-4-6-12(16)7-5-11/h4-7,16H,3,8-10H2,1-2H3. The van der Waals surface area contributed by atoms with Crippen LogP contribution in [0.3, 0.4) is 0 Å². The molecule has 1 amide bonds. The van der Waals surface area contributed by atoms with E-state index in [1.807, 2.05) is 0 Å². The highest BCUT2D eigenvalue weighted by Crippen LogP contribution is 2.11. The zero-order chi connectivity index (χ0) is 14.3. The van der Waals surface area contributed by atoms with Gasteiger partial charge in [0, 0.05) is 20.0 Å². The van der Waals surface area contributed by atoms with Gasteiger partial charge >= 0.3 is 5.97 Å². The van der Waals surface area contributed by atoms with Crippen molar-refractivity contribution in [3.8, 4) is 5.75 Å². The molecule has 1 aromatic carbocycles. The Morgan fingerprint density at radius 2 is 1.84 bits per heavy atom. The molecular weight excluding hydrogens is 246 g/mol. The average molecular weight is 265 g/mol. The van der Waals surface area contributed by atoms with E-state index in [4.69, 9.17) is 9.84 Å². The van der Waals surface area contributed by atoms with Gasteiger partial charge in [-0.25, -0.2) is 0 Å². The quantitative estimate of drug-likeness (QED) is 0.795. The molecule has 0 radical (unpaired) electrons. The Labute approximate surface area is 112 Å². The number of nitrogens with zero attached hydrogens (tertiary/aromatic N) is 1. The number of phenols is 1. The lowest BCUT2D eigenvalue weighted by Crippen LogP contribution is -2.26. The summed E-state index contributed by atoms with van der Waals surface area (Å²) in [7, 11) is 1.68. The van der Waals surface area contributed by atoms with Gasteiger partial charge in [0.25, 0.3) is 0 Å². The summed E-state index contributed by atoms with van der Waals surface area (Å²) in [5.41, 5.74) is 0.921. The fourth-order valence-electron chi connectivity index (χ4n) is 1.60. The first-order chi connectivity index (χ1) is 9.02. The molecular formula is C14H19NO4. The van der Waals surface area contributed by atoms with Gasteiger partial charge in [-0.3, -0.25) is 9.59 Å². The van der Waals surface area contributed by atoms with Crippen LogP contribution in [0.5, 0.6) is 5.75 Å². The Kier molecular flexibility index (Phi) is 5.85. The smallest absolute Gasteiger partial charge is 0.306 e. The number of benzene rings is 1. The van der Waals surface area contributed by atoms with Crippen molar-refractivity contribution in [2.75, 3.05) is 13.7 Å². The predicted octanol–water partition coefficient (Wildman–Crippen LogP) is 1.69. The summed E-state index contributed by atoms with van der Waals surface area (Å²) in [4.78, 5) is 24.5. The third kappa shape index (κ3) is 5.42. The Morgan fingerprint density at radius 3 is 2.42 bits per heavy atom. The molecule has 0 aromatic heterocycles. The lowest BCUT2D eigenvalue weighted by Gasteiger charge is -2.17. The predicted molar refractivity (Wildman–Crippen MR) is 70.4 cm³/mol. The van der Waals surface area contributed by atoms with E-state index in [0.717, 1.165) is 5.56 Å². The Bertz CT molecular complexity index is 428. The molecule has 0 aliphatic carbocycles. The first kappa shape index (κ1) is 15.0. The van der Waals surface area contributed by atoms with Crippen molar-refractivity contribution in [1.82, 2.24) is 4.90 Å². The number of carbonyl (C=O) groups is 2. The van der Waals surface area contributed by atoms with Crippen LogP contribution in [-0.2, 0) is 20.9 Å². The van der Waals surface area contributed by atoms with Crippen LogP contribution >= 0.6 is 0 Å². The van der Waals surface area contributed by atoms with Gasteiger partial charge in [-0.2, -0.15) is 0 Å². The Hall–Kier alpha value is -2.04. The topological polar surface area (TPSA) is 66.8 Å². The summed E-state index contributed by atoms with van der Waals surface area (Å²) in [6.45, 7) is 2.51. The van der Waals surface area contributed by atoms with Crippen LogP contribution in [0.15, 0.2) is 24.3 Å². The van der Waals surface area contributed by atoms with Gasteiger partial charge in [-0.1, -0.05) is 12.1 Å².